The number of rotatable bonds is 10. The van der Waals surface area contributed by atoms with Crippen molar-refractivity contribution in [1.82, 2.24) is 20.2 Å². The number of carbonyl (C=O) groups excluding carboxylic acids is 1. The van der Waals surface area contributed by atoms with Crippen LogP contribution in [0.2, 0.25) is 0 Å². The van der Waals surface area contributed by atoms with Crippen LogP contribution in [0.3, 0.4) is 0 Å². The van der Waals surface area contributed by atoms with Crippen LogP contribution in [0.15, 0.2) is 83.1 Å². The fourth-order valence-corrected chi connectivity index (χ4v) is 4.60. The molecule has 4 aromatic rings. The van der Waals surface area contributed by atoms with E-state index >= 15 is 0 Å². The lowest BCUT2D eigenvalue weighted by atomic mass is 9.87. The van der Waals surface area contributed by atoms with Crippen molar-refractivity contribution < 1.29 is 14.3 Å². The number of nitrogens with one attached hydrogen (secondary N) is 1. The van der Waals surface area contributed by atoms with Crippen molar-refractivity contribution in [1.29, 1.82) is 0 Å². The topological polar surface area (TPSA) is 90.6 Å². The minimum absolute atomic E-state index is 0.0570. The van der Waals surface area contributed by atoms with E-state index in [4.69, 9.17) is 9.47 Å². The van der Waals surface area contributed by atoms with Crippen LogP contribution in [0.1, 0.15) is 38.8 Å². The molecule has 1 N–H and O–H groups in total. The van der Waals surface area contributed by atoms with Gasteiger partial charge in [-0.2, -0.15) is 5.10 Å². The first kappa shape index (κ1) is 27.9. The van der Waals surface area contributed by atoms with Gasteiger partial charge in [-0.1, -0.05) is 75.0 Å². The molecule has 1 amide bonds. The quantitative estimate of drug-likeness (QED) is 0.153. The number of methoxy groups -OCH3 is 1. The van der Waals surface area contributed by atoms with Gasteiger partial charge in [-0.25, -0.2) is 5.43 Å². The zero-order chi connectivity index (χ0) is 27.8. The van der Waals surface area contributed by atoms with Gasteiger partial charge < -0.3 is 9.47 Å². The molecule has 0 aliphatic carbocycles. The van der Waals surface area contributed by atoms with Gasteiger partial charge in [-0.15, -0.1) is 10.2 Å². The standard InChI is InChI=1S/C30H33N5O3S/c1-6-38-25-17-12-21(18-26(25)37-5)19-31-32-27(36)20-39-29-34-33-28(35(29)24-10-8-7-9-11-24)22-13-15-23(16-14-22)30(2,3)4/h7-19H,6,20H2,1-5H3,(H,32,36)/b31-19-. The Morgan fingerprint density at radius 2 is 1.77 bits per heavy atom. The van der Waals surface area contributed by atoms with E-state index in [0.29, 0.717) is 29.1 Å². The van der Waals surface area contributed by atoms with E-state index in [0.717, 1.165) is 16.8 Å². The predicted octanol–water partition coefficient (Wildman–Crippen LogP) is 5.88. The molecule has 0 radical (unpaired) electrons. The van der Waals surface area contributed by atoms with Gasteiger partial charge in [0.1, 0.15) is 0 Å². The van der Waals surface area contributed by atoms with Crippen LogP contribution in [0.25, 0.3) is 17.1 Å². The fourth-order valence-electron chi connectivity index (χ4n) is 3.86. The molecular weight excluding hydrogens is 510 g/mol. The van der Waals surface area contributed by atoms with Gasteiger partial charge >= 0.3 is 0 Å². The Kier molecular flexibility index (Phi) is 9.03. The SMILES string of the molecule is CCOc1ccc(/C=N\NC(=O)CSc2nnc(-c3ccc(C(C)(C)C)cc3)n2-c2ccccc2)cc1OC. The summed E-state index contributed by atoms with van der Waals surface area (Å²) in [6.07, 6.45) is 1.56. The third kappa shape index (κ3) is 7.06. The van der Waals surface area contributed by atoms with E-state index in [1.807, 2.05) is 54.0 Å². The summed E-state index contributed by atoms with van der Waals surface area (Å²) in [6.45, 7) is 9.02. The monoisotopic (exact) mass is 543 g/mol. The fraction of sp³-hybridized carbons (Fsp3) is 0.267. The Morgan fingerprint density at radius 3 is 2.44 bits per heavy atom. The molecule has 3 aromatic carbocycles. The van der Waals surface area contributed by atoms with E-state index < -0.39 is 0 Å². The first-order chi connectivity index (χ1) is 18.8. The van der Waals surface area contributed by atoms with Crippen molar-refractivity contribution in [3.05, 3.63) is 83.9 Å². The number of hydrogen-bond acceptors (Lipinski definition) is 7. The molecule has 8 nitrogen and oxygen atoms in total. The highest BCUT2D eigenvalue weighted by Gasteiger charge is 2.19. The summed E-state index contributed by atoms with van der Waals surface area (Å²) in [4.78, 5) is 12.6. The second-order valence-corrected chi connectivity index (χ2v) is 10.7. The third-order valence-electron chi connectivity index (χ3n) is 5.88. The van der Waals surface area contributed by atoms with Crippen LogP contribution >= 0.6 is 11.8 Å². The maximum atomic E-state index is 12.6. The minimum atomic E-state index is -0.257. The number of amides is 1. The molecule has 0 atom stereocenters. The van der Waals surface area contributed by atoms with Crippen molar-refractivity contribution >= 4 is 23.9 Å². The van der Waals surface area contributed by atoms with Crippen LogP contribution in [0.5, 0.6) is 11.5 Å². The molecule has 1 aromatic heterocycles. The summed E-state index contributed by atoms with van der Waals surface area (Å²) in [5.74, 6) is 1.84. The average Bonchev–Trinajstić information content (AvgIpc) is 3.37. The van der Waals surface area contributed by atoms with E-state index in [1.165, 1.54) is 17.3 Å². The number of hydrogen-bond donors (Lipinski definition) is 1. The predicted molar refractivity (Wildman–Crippen MR) is 156 cm³/mol. The molecular formula is C30H33N5O3S. The molecule has 39 heavy (non-hydrogen) atoms. The Labute approximate surface area is 233 Å². The first-order valence-electron chi connectivity index (χ1n) is 12.7. The molecule has 9 heteroatoms. The highest BCUT2D eigenvalue weighted by atomic mass is 32.2. The summed E-state index contributed by atoms with van der Waals surface area (Å²) in [6, 6.07) is 23.7. The summed E-state index contributed by atoms with van der Waals surface area (Å²) < 4.78 is 12.9. The van der Waals surface area contributed by atoms with Crippen LogP contribution in [0.4, 0.5) is 0 Å². The van der Waals surface area contributed by atoms with Gasteiger partial charge in [0.05, 0.1) is 25.7 Å². The van der Waals surface area contributed by atoms with Gasteiger partial charge in [0.15, 0.2) is 22.5 Å². The number of carbonyl (C=O) groups is 1. The zero-order valence-corrected chi connectivity index (χ0v) is 23.7. The summed E-state index contributed by atoms with van der Waals surface area (Å²) in [5.41, 5.74) is 6.52. The highest BCUT2D eigenvalue weighted by molar-refractivity contribution is 7.99. The van der Waals surface area contributed by atoms with Crippen molar-refractivity contribution in [2.75, 3.05) is 19.5 Å². The Morgan fingerprint density at radius 1 is 1.03 bits per heavy atom. The Balaban J connectivity index is 1.47. The van der Waals surface area contributed by atoms with Crippen LogP contribution < -0.4 is 14.9 Å². The maximum absolute atomic E-state index is 12.6. The summed E-state index contributed by atoms with van der Waals surface area (Å²) >= 11 is 1.30. The number of nitrogens with zero attached hydrogens (tertiary/aromatic N) is 4. The number of benzene rings is 3. The zero-order valence-electron chi connectivity index (χ0n) is 22.8. The van der Waals surface area contributed by atoms with Gasteiger partial charge in [0.2, 0.25) is 0 Å². The third-order valence-corrected chi connectivity index (χ3v) is 6.81. The molecule has 0 unspecified atom stereocenters. The van der Waals surface area contributed by atoms with Gasteiger partial charge in [0.25, 0.3) is 5.91 Å². The van der Waals surface area contributed by atoms with E-state index in [-0.39, 0.29) is 17.1 Å². The molecule has 0 aliphatic rings. The van der Waals surface area contributed by atoms with Crippen molar-refractivity contribution in [2.45, 2.75) is 38.3 Å². The second-order valence-electron chi connectivity index (χ2n) is 9.73. The smallest absolute Gasteiger partial charge is 0.250 e. The van der Waals surface area contributed by atoms with Gasteiger partial charge in [-0.3, -0.25) is 9.36 Å². The number of para-hydroxylation sites is 1. The largest absolute Gasteiger partial charge is 0.493 e. The Hall–Kier alpha value is -4.11. The molecule has 0 fully saturated rings. The van der Waals surface area contributed by atoms with Crippen molar-refractivity contribution in [3.63, 3.8) is 0 Å². The number of hydrazone groups is 1. The van der Waals surface area contributed by atoms with Crippen LogP contribution in [-0.2, 0) is 10.2 Å². The molecule has 1 heterocycles. The molecule has 0 aliphatic heterocycles. The average molecular weight is 544 g/mol. The second kappa shape index (κ2) is 12.6. The normalized spacial score (nSPS) is 11.5. The number of ether oxygens (including phenoxy) is 2. The van der Waals surface area contributed by atoms with Crippen LogP contribution in [-0.4, -0.2) is 46.4 Å². The van der Waals surface area contributed by atoms with E-state index in [1.54, 1.807) is 19.4 Å². The first-order valence-corrected chi connectivity index (χ1v) is 13.7. The lowest BCUT2D eigenvalue weighted by Gasteiger charge is -2.19. The van der Waals surface area contributed by atoms with Gasteiger partial charge in [-0.05, 0) is 53.8 Å². The lowest BCUT2D eigenvalue weighted by Crippen LogP contribution is -2.20. The number of aromatic nitrogens is 3. The molecule has 0 bridgehead atoms. The van der Waals surface area contributed by atoms with Gasteiger partial charge in [0, 0.05) is 11.3 Å². The highest BCUT2D eigenvalue weighted by Crippen LogP contribution is 2.30. The van der Waals surface area contributed by atoms with E-state index in [9.17, 15) is 4.79 Å². The molecule has 202 valence electrons. The molecule has 0 saturated carbocycles. The van der Waals surface area contributed by atoms with Crippen molar-refractivity contribution in [2.24, 2.45) is 5.10 Å². The van der Waals surface area contributed by atoms with Crippen LogP contribution in [0, 0.1) is 0 Å². The summed E-state index contributed by atoms with van der Waals surface area (Å²) in [5, 5.41) is 13.6. The Bertz CT molecular complexity index is 1430. The molecule has 0 saturated heterocycles. The minimum Gasteiger partial charge on any atom is -0.493 e. The van der Waals surface area contributed by atoms with Crippen molar-refractivity contribution in [3.8, 4) is 28.6 Å². The molecule has 0 spiro atoms. The lowest BCUT2D eigenvalue weighted by molar-refractivity contribution is -0.118. The molecule has 4 rings (SSSR count). The number of thioether (sulfide) groups is 1. The summed E-state index contributed by atoms with van der Waals surface area (Å²) in [7, 11) is 1.58. The maximum Gasteiger partial charge on any atom is 0.250 e. The van der Waals surface area contributed by atoms with E-state index in [2.05, 4.69) is 65.8 Å².